The lowest BCUT2D eigenvalue weighted by atomic mass is 9.95. The first-order valence-corrected chi connectivity index (χ1v) is 5.84. The highest BCUT2D eigenvalue weighted by Crippen LogP contribution is 2.23. The fourth-order valence-electron chi connectivity index (χ4n) is 1.94. The lowest BCUT2D eigenvalue weighted by Crippen LogP contribution is -2.49. The summed E-state index contributed by atoms with van der Waals surface area (Å²) in [6, 6.07) is -1.63. The number of rotatable bonds is 4. The number of carbonyl (C=O) groups is 2. The highest BCUT2D eigenvalue weighted by atomic mass is 16.4. The molecule has 17 heavy (non-hydrogen) atoms. The molecule has 1 fully saturated rings. The fraction of sp³-hybridized carbons (Fsp3) is 0.818. The third-order valence-electron chi connectivity index (χ3n) is 3.23. The van der Waals surface area contributed by atoms with Crippen molar-refractivity contribution in [2.24, 2.45) is 11.8 Å². The summed E-state index contributed by atoms with van der Waals surface area (Å²) in [7, 11) is 0. The van der Waals surface area contributed by atoms with Crippen LogP contribution in [0, 0.1) is 11.8 Å². The topological polar surface area (TPSA) is 89.9 Å². The Kier molecular flexibility index (Phi) is 4.74. The van der Waals surface area contributed by atoms with Crippen LogP contribution in [0.5, 0.6) is 0 Å². The van der Waals surface area contributed by atoms with Gasteiger partial charge in [-0.1, -0.05) is 13.8 Å². The van der Waals surface area contributed by atoms with Crippen molar-refractivity contribution in [3.8, 4) is 0 Å². The molecule has 1 heterocycles. The zero-order valence-corrected chi connectivity index (χ0v) is 10.2. The number of amides is 2. The summed E-state index contributed by atoms with van der Waals surface area (Å²) in [5, 5.41) is 19.8. The summed E-state index contributed by atoms with van der Waals surface area (Å²) in [6.07, 6.45) is 0.946. The molecule has 1 saturated heterocycles. The van der Waals surface area contributed by atoms with Crippen LogP contribution in [0.15, 0.2) is 0 Å². The van der Waals surface area contributed by atoms with E-state index in [1.165, 1.54) is 0 Å². The van der Waals surface area contributed by atoms with Crippen molar-refractivity contribution in [3.63, 3.8) is 0 Å². The Hall–Kier alpha value is -1.30. The second-order valence-corrected chi connectivity index (χ2v) is 4.76. The van der Waals surface area contributed by atoms with Crippen LogP contribution in [0.25, 0.3) is 0 Å². The van der Waals surface area contributed by atoms with Gasteiger partial charge in [0.15, 0.2) is 6.04 Å². The van der Waals surface area contributed by atoms with E-state index in [0.717, 1.165) is 6.42 Å². The number of carboxylic acid groups (broad SMARTS) is 1. The van der Waals surface area contributed by atoms with Gasteiger partial charge in [-0.2, -0.15) is 0 Å². The van der Waals surface area contributed by atoms with Crippen LogP contribution in [-0.4, -0.2) is 52.9 Å². The van der Waals surface area contributed by atoms with Gasteiger partial charge in [-0.25, -0.2) is 9.59 Å². The number of hydrogen-bond acceptors (Lipinski definition) is 3. The van der Waals surface area contributed by atoms with Gasteiger partial charge in [0.1, 0.15) is 0 Å². The summed E-state index contributed by atoms with van der Waals surface area (Å²) in [4.78, 5) is 24.0. The van der Waals surface area contributed by atoms with E-state index in [0.29, 0.717) is 24.9 Å². The predicted octanol–water partition coefficient (Wildman–Crippen LogP) is 0.119. The Bertz CT molecular complexity index is 293. The third kappa shape index (κ3) is 3.59. The number of nitrogens with zero attached hydrogens (tertiary/aromatic N) is 1. The highest BCUT2D eigenvalue weighted by Gasteiger charge is 2.30. The SMILES string of the molecule is CC(C)C1CCN(C(=O)NC(CO)C(=O)O)C1. The van der Waals surface area contributed by atoms with Crippen molar-refractivity contribution < 1.29 is 19.8 Å². The molecule has 0 aromatic rings. The number of nitrogens with one attached hydrogen (secondary N) is 1. The molecule has 1 rings (SSSR count). The zero-order valence-electron chi connectivity index (χ0n) is 10.2. The average Bonchev–Trinajstić information content (AvgIpc) is 2.74. The van der Waals surface area contributed by atoms with Gasteiger partial charge >= 0.3 is 12.0 Å². The maximum absolute atomic E-state index is 11.7. The summed E-state index contributed by atoms with van der Waals surface area (Å²) in [6.45, 7) is 4.93. The fourth-order valence-corrected chi connectivity index (χ4v) is 1.94. The van der Waals surface area contributed by atoms with E-state index >= 15 is 0 Å². The second kappa shape index (κ2) is 5.86. The van der Waals surface area contributed by atoms with Crippen LogP contribution in [0.3, 0.4) is 0 Å². The molecule has 98 valence electrons. The Morgan fingerprint density at radius 2 is 2.12 bits per heavy atom. The van der Waals surface area contributed by atoms with Crippen molar-refractivity contribution in [1.82, 2.24) is 10.2 Å². The van der Waals surface area contributed by atoms with E-state index in [1.807, 2.05) is 0 Å². The van der Waals surface area contributed by atoms with Gasteiger partial charge in [-0.3, -0.25) is 0 Å². The first kappa shape index (κ1) is 13.8. The van der Waals surface area contributed by atoms with E-state index in [9.17, 15) is 9.59 Å². The Morgan fingerprint density at radius 3 is 2.53 bits per heavy atom. The number of aliphatic hydroxyl groups excluding tert-OH is 1. The molecule has 0 aliphatic carbocycles. The summed E-state index contributed by atoms with van der Waals surface area (Å²) in [5.74, 6) is -0.237. The molecule has 0 radical (unpaired) electrons. The van der Waals surface area contributed by atoms with Crippen molar-refractivity contribution in [2.75, 3.05) is 19.7 Å². The van der Waals surface area contributed by atoms with Gasteiger partial charge in [0.25, 0.3) is 0 Å². The first-order chi connectivity index (χ1) is 7.95. The number of aliphatic carboxylic acids is 1. The van der Waals surface area contributed by atoms with Crippen molar-refractivity contribution >= 4 is 12.0 Å². The quantitative estimate of drug-likeness (QED) is 0.655. The van der Waals surface area contributed by atoms with Gasteiger partial charge in [-0.15, -0.1) is 0 Å². The lowest BCUT2D eigenvalue weighted by Gasteiger charge is -2.20. The number of aliphatic hydroxyl groups is 1. The minimum atomic E-state index is -1.22. The van der Waals surface area contributed by atoms with E-state index < -0.39 is 24.6 Å². The first-order valence-electron chi connectivity index (χ1n) is 5.84. The largest absolute Gasteiger partial charge is 0.480 e. The molecule has 0 spiro atoms. The Balaban J connectivity index is 2.47. The summed E-state index contributed by atoms with van der Waals surface area (Å²) >= 11 is 0. The molecule has 1 aliphatic heterocycles. The molecule has 0 bridgehead atoms. The zero-order chi connectivity index (χ0) is 13.0. The predicted molar refractivity (Wildman–Crippen MR) is 61.6 cm³/mol. The molecule has 2 atom stereocenters. The molecule has 2 unspecified atom stereocenters. The summed E-state index contributed by atoms with van der Waals surface area (Å²) in [5.41, 5.74) is 0. The number of urea groups is 1. The molecule has 1 aliphatic rings. The van der Waals surface area contributed by atoms with Crippen LogP contribution in [0.2, 0.25) is 0 Å². The molecule has 0 saturated carbocycles. The highest BCUT2D eigenvalue weighted by molar-refractivity contribution is 5.82. The van der Waals surface area contributed by atoms with E-state index in [4.69, 9.17) is 10.2 Å². The monoisotopic (exact) mass is 244 g/mol. The van der Waals surface area contributed by atoms with Crippen LogP contribution in [-0.2, 0) is 4.79 Å². The minimum absolute atomic E-state index is 0.408. The van der Waals surface area contributed by atoms with Crippen molar-refractivity contribution in [2.45, 2.75) is 26.3 Å². The van der Waals surface area contributed by atoms with Crippen molar-refractivity contribution in [3.05, 3.63) is 0 Å². The van der Waals surface area contributed by atoms with Gasteiger partial charge < -0.3 is 20.4 Å². The molecule has 6 heteroatoms. The minimum Gasteiger partial charge on any atom is -0.480 e. The molecule has 2 amide bonds. The standard InChI is InChI=1S/C11H20N2O4/c1-7(2)8-3-4-13(5-8)11(17)12-9(6-14)10(15)16/h7-9,14H,3-6H2,1-2H3,(H,12,17)(H,15,16). The van der Waals surface area contributed by atoms with E-state index in [-0.39, 0.29) is 0 Å². The number of carbonyl (C=O) groups excluding carboxylic acids is 1. The summed E-state index contributed by atoms with van der Waals surface area (Å²) < 4.78 is 0. The van der Waals surface area contributed by atoms with E-state index in [1.54, 1.807) is 4.90 Å². The van der Waals surface area contributed by atoms with Gasteiger partial charge in [0.05, 0.1) is 6.61 Å². The molecule has 6 nitrogen and oxygen atoms in total. The third-order valence-corrected chi connectivity index (χ3v) is 3.23. The smallest absolute Gasteiger partial charge is 0.328 e. The average molecular weight is 244 g/mol. The van der Waals surface area contributed by atoms with Gasteiger partial charge in [-0.05, 0) is 18.3 Å². The van der Waals surface area contributed by atoms with Crippen LogP contribution < -0.4 is 5.32 Å². The molecule has 0 aromatic heterocycles. The maximum Gasteiger partial charge on any atom is 0.328 e. The van der Waals surface area contributed by atoms with Gasteiger partial charge in [0.2, 0.25) is 0 Å². The molecular formula is C11H20N2O4. The van der Waals surface area contributed by atoms with Crippen molar-refractivity contribution in [1.29, 1.82) is 0 Å². The Morgan fingerprint density at radius 1 is 1.47 bits per heavy atom. The van der Waals surface area contributed by atoms with Crippen LogP contribution >= 0.6 is 0 Å². The maximum atomic E-state index is 11.7. The van der Waals surface area contributed by atoms with Crippen LogP contribution in [0.4, 0.5) is 4.79 Å². The number of carboxylic acids is 1. The second-order valence-electron chi connectivity index (χ2n) is 4.76. The molecule has 0 aromatic carbocycles. The normalized spacial score (nSPS) is 21.6. The molecule has 3 N–H and O–H groups in total. The van der Waals surface area contributed by atoms with Gasteiger partial charge in [0, 0.05) is 13.1 Å². The molecular weight excluding hydrogens is 224 g/mol. The Labute approximate surface area is 101 Å². The van der Waals surface area contributed by atoms with Crippen LogP contribution in [0.1, 0.15) is 20.3 Å². The number of hydrogen-bond donors (Lipinski definition) is 3. The number of likely N-dealkylation sites (tertiary alicyclic amines) is 1. The lowest BCUT2D eigenvalue weighted by molar-refractivity contribution is -0.140. The van der Waals surface area contributed by atoms with E-state index in [2.05, 4.69) is 19.2 Å².